The van der Waals surface area contributed by atoms with Crippen molar-refractivity contribution in [1.82, 2.24) is 0 Å². The van der Waals surface area contributed by atoms with Crippen LogP contribution in [-0.4, -0.2) is 15.6 Å². The molecule has 0 aromatic rings. The first-order chi connectivity index (χ1) is 1.41. The van der Waals surface area contributed by atoms with E-state index in [-0.39, 0.29) is 38.8 Å². The molecule has 0 aliphatic carbocycles. The van der Waals surface area contributed by atoms with Gasteiger partial charge in [0.25, 0.3) is 0 Å². The quantitative estimate of drug-likeness (QED) is 0.376. The Hall–Kier alpha value is 0.624. The molecule has 0 saturated heterocycles. The maximum absolute atomic E-state index is 8.35. The van der Waals surface area contributed by atoms with E-state index in [4.69, 9.17) is 9.32 Å². The van der Waals surface area contributed by atoms with Gasteiger partial charge in [-0.15, -0.1) is 4.66 Å². The first kappa shape index (κ1) is 30.4. The van der Waals surface area contributed by atoms with Crippen LogP contribution < -0.4 is 4.66 Å². The minimum Gasteiger partial charge on any atom is -0.506 e. The van der Waals surface area contributed by atoms with Gasteiger partial charge < -0.3 is 15.6 Å². The molecular weight excluding hydrogens is 158 g/mol. The Morgan fingerprint density at radius 1 is 1.33 bits per heavy atom. The molecule has 0 aromatic carbocycles. The second kappa shape index (κ2) is 45.6. The molecule has 0 amide bonds. The van der Waals surface area contributed by atoms with Gasteiger partial charge in [-0.25, -0.2) is 0 Å². The van der Waals surface area contributed by atoms with Crippen LogP contribution in [0.5, 0.6) is 0 Å². The van der Waals surface area contributed by atoms with Gasteiger partial charge in [-0.05, 0) is 0 Å². The number of hydrogen-bond acceptors (Lipinski definition) is 2. The SMILES string of the molecule is O.O.[Ni].[O-][Cl+]O. The fourth-order valence-electron chi connectivity index (χ4n) is 0. The minimum absolute atomic E-state index is 0. The van der Waals surface area contributed by atoms with Crippen molar-refractivity contribution in [1.29, 1.82) is 0 Å². The Labute approximate surface area is 48.8 Å². The van der Waals surface area contributed by atoms with E-state index >= 15 is 0 Å². The second-order valence-corrected chi connectivity index (χ2v) is 0.207. The molecule has 0 aromatic heterocycles. The van der Waals surface area contributed by atoms with E-state index in [0.29, 0.717) is 0 Å². The normalized spacial score (nSPS) is 3.00. The Morgan fingerprint density at radius 2 is 1.33 bits per heavy atom. The zero-order chi connectivity index (χ0) is 2.71. The molecule has 0 aliphatic rings. The molecule has 4 nitrogen and oxygen atoms in total. The summed E-state index contributed by atoms with van der Waals surface area (Å²) in [4.78, 5) is 0. The topological polar surface area (TPSA) is 106 Å². The standard InChI is InChI=1S/ClHO2.Ni.2H2O/c2-1-3;;;/h2H;;2*1H2. The molecule has 6 heteroatoms. The summed E-state index contributed by atoms with van der Waals surface area (Å²) < 4.78 is 15.2. The third kappa shape index (κ3) is 156. The van der Waals surface area contributed by atoms with Crippen LogP contribution in [0.2, 0.25) is 0 Å². The molecule has 0 unspecified atom stereocenters. The summed E-state index contributed by atoms with van der Waals surface area (Å²) in [5.41, 5.74) is 0. The van der Waals surface area contributed by atoms with Crippen molar-refractivity contribution in [2.75, 3.05) is 0 Å². The van der Waals surface area contributed by atoms with Crippen LogP contribution in [0.15, 0.2) is 0 Å². The fourth-order valence-corrected chi connectivity index (χ4v) is 0. The van der Waals surface area contributed by atoms with Gasteiger partial charge >= 0.3 is 11.3 Å². The van der Waals surface area contributed by atoms with Crippen LogP contribution in [0.3, 0.4) is 0 Å². The molecule has 0 saturated carbocycles. The average molecular weight is 163 g/mol. The van der Waals surface area contributed by atoms with E-state index in [2.05, 4.69) is 0 Å². The number of rotatable bonds is 0. The van der Waals surface area contributed by atoms with Crippen molar-refractivity contribution in [3.05, 3.63) is 0 Å². The molecule has 0 fully saturated rings. The van der Waals surface area contributed by atoms with Crippen LogP contribution in [0.4, 0.5) is 0 Å². The van der Waals surface area contributed by atoms with Gasteiger partial charge in [-0.1, -0.05) is 0 Å². The van der Waals surface area contributed by atoms with E-state index in [1.54, 1.807) is 0 Å². The maximum Gasteiger partial charge on any atom is 0.327 e. The van der Waals surface area contributed by atoms with E-state index in [1.165, 1.54) is 0 Å². The van der Waals surface area contributed by atoms with Crippen LogP contribution in [0.25, 0.3) is 0 Å². The maximum atomic E-state index is 8.35. The second-order valence-electron chi connectivity index (χ2n) is 0.0690. The smallest absolute Gasteiger partial charge is 0.327 e. The molecule has 0 heterocycles. The Kier molecular flexibility index (Phi) is 231. The zero-order valence-electron chi connectivity index (χ0n) is 2.55. The third-order valence-electron chi connectivity index (χ3n) is 0. The summed E-state index contributed by atoms with van der Waals surface area (Å²) in [7, 11) is 0. The molecule has 6 heavy (non-hydrogen) atoms. The monoisotopic (exact) mass is 162 g/mol. The molecule has 0 aliphatic heterocycles. The first-order valence-corrected chi connectivity index (χ1v) is 0.970. The van der Waals surface area contributed by atoms with E-state index in [0.717, 1.165) is 0 Å². The number of hydrogen-bond donors (Lipinski definition) is 1. The summed E-state index contributed by atoms with van der Waals surface area (Å²) in [6, 6.07) is 0. The van der Waals surface area contributed by atoms with E-state index < -0.39 is 0 Å². The summed E-state index contributed by atoms with van der Waals surface area (Å²) in [5, 5.41) is 0. The molecule has 0 rings (SSSR count). The van der Waals surface area contributed by atoms with Gasteiger partial charge in [-0.3, -0.25) is 0 Å². The molecular formula is H5ClNiO4. The van der Waals surface area contributed by atoms with Gasteiger partial charge in [-0.2, -0.15) is 0 Å². The largest absolute Gasteiger partial charge is 0.506 e. The Balaban J connectivity index is -0.00000000667. The Morgan fingerprint density at radius 3 is 1.33 bits per heavy atom. The van der Waals surface area contributed by atoms with Crippen molar-refractivity contribution >= 4 is 0 Å². The van der Waals surface area contributed by atoms with Crippen LogP contribution >= 0.6 is 0 Å². The van der Waals surface area contributed by atoms with Gasteiger partial charge in [0, 0.05) is 16.5 Å². The third-order valence-corrected chi connectivity index (χ3v) is 0. The van der Waals surface area contributed by atoms with E-state index in [1.807, 2.05) is 0 Å². The zero-order valence-corrected chi connectivity index (χ0v) is 4.29. The van der Waals surface area contributed by atoms with Crippen LogP contribution in [-0.2, 0) is 16.5 Å². The molecule has 0 bridgehead atoms. The van der Waals surface area contributed by atoms with Crippen molar-refractivity contribution in [2.45, 2.75) is 0 Å². The van der Waals surface area contributed by atoms with Crippen LogP contribution in [0, 0.1) is 11.3 Å². The van der Waals surface area contributed by atoms with E-state index in [9.17, 15) is 0 Å². The van der Waals surface area contributed by atoms with Gasteiger partial charge in [0.2, 0.25) is 0 Å². The average Bonchev–Trinajstić information content (AvgIpc) is 0.918. The molecule has 0 spiro atoms. The number of halogens is 1. The van der Waals surface area contributed by atoms with Gasteiger partial charge in [0.05, 0.1) is 0 Å². The molecule has 0 radical (unpaired) electrons. The van der Waals surface area contributed by atoms with Crippen molar-refractivity contribution in [3.63, 3.8) is 0 Å². The van der Waals surface area contributed by atoms with Crippen LogP contribution in [0.1, 0.15) is 0 Å². The summed E-state index contributed by atoms with van der Waals surface area (Å²) in [6.45, 7) is 0. The summed E-state index contributed by atoms with van der Waals surface area (Å²) in [5.74, 6) is 0. The minimum atomic E-state index is -0.167. The van der Waals surface area contributed by atoms with Crippen molar-refractivity contribution in [3.8, 4) is 0 Å². The van der Waals surface area contributed by atoms with Gasteiger partial charge in [0.15, 0.2) is 0 Å². The van der Waals surface area contributed by atoms with Gasteiger partial charge in [0.1, 0.15) is 0 Å². The molecule has 0 atom stereocenters. The summed E-state index contributed by atoms with van der Waals surface area (Å²) in [6.07, 6.45) is 0. The Bertz CT molecular complexity index is 7.51. The fraction of sp³-hybridized carbons (Fsp3) is 0. The van der Waals surface area contributed by atoms with Crippen molar-refractivity contribution in [2.24, 2.45) is 0 Å². The predicted molar refractivity (Wildman–Crippen MR) is 9.45 cm³/mol. The first-order valence-electron chi connectivity index (χ1n) is 0.323. The molecule has 46 valence electrons. The predicted octanol–water partition coefficient (Wildman–Crippen LogP) is -3.40. The molecule has 5 N–H and O–H groups in total. The van der Waals surface area contributed by atoms with Crippen molar-refractivity contribution < 1.29 is 48.1 Å². The summed E-state index contributed by atoms with van der Waals surface area (Å²) >= 11 is -0.167.